The smallest absolute Gasteiger partial charge is 0.407 e. The van der Waals surface area contributed by atoms with E-state index in [9.17, 15) is 4.79 Å². The molecule has 0 heterocycles. The zero-order valence-corrected chi connectivity index (χ0v) is 12.6. The van der Waals surface area contributed by atoms with E-state index in [2.05, 4.69) is 12.2 Å². The molecule has 0 aliphatic heterocycles. The summed E-state index contributed by atoms with van der Waals surface area (Å²) in [6, 6.07) is 4.05. The third-order valence-electron chi connectivity index (χ3n) is 3.17. The Morgan fingerprint density at radius 3 is 2.68 bits per heavy atom. The molecule has 4 heteroatoms. The van der Waals surface area contributed by atoms with Crippen LogP contribution in [0.3, 0.4) is 0 Å². The quantitative estimate of drug-likeness (QED) is 0.853. The van der Waals surface area contributed by atoms with Crippen LogP contribution in [-0.2, 0) is 17.6 Å². The van der Waals surface area contributed by atoms with Crippen LogP contribution >= 0.6 is 11.6 Å². The number of benzene rings is 1. The summed E-state index contributed by atoms with van der Waals surface area (Å²) >= 11 is 6.06. The SMILES string of the molecule is Cc1cc(Cl)cc2c1CC(NC(=O)OC(C)(C)C)C2. The molecule has 1 atom stereocenters. The van der Waals surface area contributed by atoms with E-state index in [4.69, 9.17) is 16.3 Å². The first kappa shape index (κ1) is 14.2. The molecule has 0 saturated carbocycles. The Bertz CT molecular complexity index is 506. The van der Waals surface area contributed by atoms with Crippen molar-refractivity contribution in [3.8, 4) is 0 Å². The van der Waals surface area contributed by atoms with Gasteiger partial charge in [0.2, 0.25) is 0 Å². The van der Waals surface area contributed by atoms with Gasteiger partial charge in [-0.2, -0.15) is 0 Å². The lowest BCUT2D eigenvalue weighted by molar-refractivity contribution is 0.0506. The number of ether oxygens (including phenoxy) is 1. The van der Waals surface area contributed by atoms with Crippen LogP contribution in [0.4, 0.5) is 4.79 Å². The van der Waals surface area contributed by atoms with E-state index in [0.717, 1.165) is 17.9 Å². The van der Waals surface area contributed by atoms with Crippen LogP contribution in [0.1, 0.15) is 37.5 Å². The number of amides is 1. The van der Waals surface area contributed by atoms with Crippen molar-refractivity contribution < 1.29 is 9.53 Å². The number of hydrogen-bond donors (Lipinski definition) is 1. The fourth-order valence-electron chi connectivity index (χ4n) is 2.48. The van der Waals surface area contributed by atoms with E-state index in [-0.39, 0.29) is 12.1 Å². The third kappa shape index (κ3) is 3.63. The Labute approximate surface area is 119 Å². The Balaban J connectivity index is 2.01. The summed E-state index contributed by atoms with van der Waals surface area (Å²) in [5, 5.41) is 3.68. The maximum Gasteiger partial charge on any atom is 0.407 e. The van der Waals surface area contributed by atoms with Crippen molar-refractivity contribution in [2.24, 2.45) is 0 Å². The van der Waals surface area contributed by atoms with Crippen LogP contribution in [-0.4, -0.2) is 17.7 Å². The monoisotopic (exact) mass is 281 g/mol. The van der Waals surface area contributed by atoms with Gasteiger partial charge in [0, 0.05) is 11.1 Å². The number of carbonyl (C=O) groups excluding carboxylic acids is 1. The van der Waals surface area contributed by atoms with Crippen molar-refractivity contribution in [3.05, 3.63) is 33.8 Å². The maximum atomic E-state index is 11.8. The molecule has 1 N–H and O–H groups in total. The highest BCUT2D eigenvalue weighted by Gasteiger charge is 2.26. The van der Waals surface area contributed by atoms with Crippen molar-refractivity contribution in [1.82, 2.24) is 5.32 Å². The molecule has 19 heavy (non-hydrogen) atoms. The summed E-state index contributed by atoms with van der Waals surface area (Å²) < 4.78 is 5.28. The molecule has 1 amide bonds. The van der Waals surface area contributed by atoms with E-state index in [1.54, 1.807) is 0 Å². The first-order chi connectivity index (χ1) is 8.74. The van der Waals surface area contributed by atoms with Gasteiger partial charge in [-0.25, -0.2) is 4.79 Å². The predicted molar refractivity (Wildman–Crippen MR) is 76.8 cm³/mol. The Morgan fingerprint density at radius 2 is 2.05 bits per heavy atom. The number of nitrogens with one attached hydrogen (secondary N) is 1. The van der Waals surface area contributed by atoms with E-state index >= 15 is 0 Å². The van der Waals surface area contributed by atoms with Gasteiger partial charge < -0.3 is 10.1 Å². The van der Waals surface area contributed by atoms with Crippen LogP contribution in [0.15, 0.2) is 12.1 Å². The molecule has 0 spiro atoms. The molecule has 0 saturated heterocycles. The molecular formula is C15H20ClNO2. The lowest BCUT2D eigenvalue weighted by atomic mass is 10.1. The van der Waals surface area contributed by atoms with E-state index in [1.807, 2.05) is 32.9 Å². The molecule has 1 aliphatic rings. The van der Waals surface area contributed by atoms with Gasteiger partial charge in [0.15, 0.2) is 0 Å². The zero-order chi connectivity index (χ0) is 14.2. The van der Waals surface area contributed by atoms with Gasteiger partial charge in [0.25, 0.3) is 0 Å². The fraction of sp³-hybridized carbons (Fsp3) is 0.533. The summed E-state index contributed by atoms with van der Waals surface area (Å²) in [5.74, 6) is 0. The normalized spacial score (nSPS) is 18.1. The highest BCUT2D eigenvalue weighted by atomic mass is 35.5. The number of alkyl carbamates (subject to hydrolysis) is 1. The van der Waals surface area contributed by atoms with Gasteiger partial charge >= 0.3 is 6.09 Å². The molecule has 0 bridgehead atoms. The van der Waals surface area contributed by atoms with Crippen LogP contribution in [0.5, 0.6) is 0 Å². The lowest BCUT2D eigenvalue weighted by Crippen LogP contribution is -2.39. The second-order valence-corrected chi connectivity index (χ2v) is 6.55. The molecule has 1 unspecified atom stereocenters. The fourth-order valence-corrected chi connectivity index (χ4v) is 2.77. The van der Waals surface area contributed by atoms with Crippen molar-refractivity contribution in [3.63, 3.8) is 0 Å². The minimum atomic E-state index is -0.464. The molecule has 1 aromatic carbocycles. The van der Waals surface area contributed by atoms with Crippen molar-refractivity contribution >= 4 is 17.7 Å². The molecule has 3 nitrogen and oxygen atoms in total. The zero-order valence-electron chi connectivity index (χ0n) is 11.8. The average molecular weight is 282 g/mol. The third-order valence-corrected chi connectivity index (χ3v) is 3.39. The number of aryl methyl sites for hydroxylation is 1. The number of carbonyl (C=O) groups is 1. The average Bonchev–Trinajstić information content (AvgIpc) is 2.56. The van der Waals surface area contributed by atoms with Crippen LogP contribution in [0.2, 0.25) is 5.02 Å². The molecule has 0 fully saturated rings. The topological polar surface area (TPSA) is 38.3 Å². The highest BCUT2D eigenvalue weighted by Crippen LogP contribution is 2.28. The van der Waals surface area contributed by atoms with Gasteiger partial charge in [0.1, 0.15) is 5.60 Å². The maximum absolute atomic E-state index is 11.8. The molecule has 104 valence electrons. The minimum Gasteiger partial charge on any atom is -0.444 e. The predicted octanol–water partition coefficient (Wildman–Crippen LogP) is 3.64. The van der Waals surface area contributed by atoms with E-state index < -0.39 is 5.60 Å². The first-order valence-electron chi connectivity index (χ1n) is 6.52. The van der Waals surface area contributed by atoms with Gasteiger partial charge in [-0.15, -0.1) is 0 Å². The summed E-state index contributed by atoms with van der Waals surface area (Å²) in [6.07, 6.45) is 1.31. The lowest BCUT2D eigenvalue weighted by Gasteiger charge is -2.21. The van der Waals surface area contributed by atoms with Crippen LogP contribution < -0.4 is 5.32 Å². The molecule has 1 aromatic rings. The molecular weight excluding hydrogens is 262 g/mol. The Morgan fingerprint density at radius 1 is 1.37 bits per heavy atom. The molecule has 1 aliphatic carbocycles. The summed E-state index contributed by atoms with van der Waals surface area (Å²) in [4.78, 5) is 11.8. The summed E-state index contributed by atoms with van der Waals surface area (Å²) in [7, 11) is 0. The second kappa shape index (κ2) is 5.04. The largest absolute Gasteiger partial charge is 0.444 e. The summed E-state index contributed by atoms with van der Waals surface area (Å²) in [5.41, 5.74) is 3.25. The van der Waals surface area contributed by atoms with Crippen LogP contribution in [0, 0.1) is 6.92 Å². The molecule has 0 radical (unpaired) electrons. The standard InChI is InChI=1S/C15H20ClNO2/c1-9-5-11(16)6-10-7-12(8-13(9)10)17-14(18)19-15(2,3)4/h5-6,12H,7-8H2,1-4H3,(H,17,18). The highest BCUT2D eigenvalue weighted by molar-refractivity contribution is 6.30. The molecule has 0 aromatic heterocycles. The number of fused-ring (bicyclic) bond motifs is 1. The number of hydrogen-bond acceptors (Lipinski definition) is 2. The Kier molecular flexibility index (Phi) is 3.77. The number of halogens is 1. The van der Waals surface area contributed by atoms with Gasteiger partial charge in [0.05, 0.1) is 0 Å². The Hall–Kier alpha value is -1.22. The van der Waals surface area contributed by atoms with Crippen molar-refractivity contribution in [1.29, 1.82) is 0 Å². The first-order valence-corrected chi connectivity index (χ1v) is 6.90. The van der Waals surface area contributed by atoms with Crippen molar-refractivity contribution in [2.45, 2.75) is 52.2 Å². The van der Waals surface area contributed by atoms with E-state index in [1.165, 1.54) is 16.7 Å². The van der Waals surface area contributed by atoms with Gasteiger partial charge in [-0.1, -0.05) is 11.6 Å². The summed E-state index contributed by atoms with van der Waals surface area (Å²) in [6.45, 7) is 7.64. The minimum absolute atomic E-state index is 0.0991. The number of rotatable bonds is 1. The molecule has 2 rings (SSSR count). The second-order valence-electron chi connectivity index (χ2n) is 6.11. The van der Waals surface area contributed by atoms with E-state index in [0.29, 0.717) is 0 Å². The van der Waals surface area contributed by atoms with Gasteiger partial charge in [-0.3, -0.25) is 0 Å². The van der Waals surface area contributed by atoms with Gasteiger partial charge in [-0.05, 0) is 69.4 Å². The van der Waals surface area contributed by atoms with Crippen molar-refractivity contribution in [2.75, 3.05) is 0 Å². The van der Waals surface area contributed by atoms with Crippen LogP contribution in [0.25, 0.3) is 0 Å².